The largest absolute Gasteiger partial charge is 0.502 e. The van der Waals surface area contributed by atoms with Crippen molar-refractivity contribution in [3.63, 3.8) is 0 Å². The van der Waals surface area contributed by atoms with Gasteiger partial charge in [-0.2, -0.15) is 0 Å². The Balaban J connectivity index is 1.55. The second-order valence-corrected chi connectivity index (χ2v) is 9.46. The maximum absolute atomic E-state index is 15.2. The number of aromatic nitrogens is 1. The molecular formula is C25H24FN3O4S. The van der Waals surface area contributed by atoms with Crippen LogP contribution in [0, 0.1) is 5.82 Å². The van der Waals surface area contributed by atoms with E-state index in [-0.39, 0.29) is 30.6 Å². The van der Waals surface area contributed by atoms with Crippen LogP contribution < -0.4 is 11.3 Å². The van der Waals surface area contributed by atoms with Gasteiger partial charge in [-0.3, -0.25) is 14.3 Å². The highest BCUT2D eigenvalue weighted by atomic mass is 32.2. The summed E-state index contributed by atoms with van der Waals surface area (Å²) in [7, 11) is 0. The van der Waals surface area contributed by atoms with Crippen molar-refractivity contribution < 1.29 is 19.0 Å². The van der Waals surface area contributed by atoms with Crippen LogP contribution in [0.5, 0.6) is 5.75 Å². The van der Waals surface area contributed by atoms with Gasteiger partial charge in [0.1, 0.15) is 5.82 Å². The Kier molecular flexibility index (Phi) is 6.05. The molecule has 1 saturated heterocycles. The first-order valence-corrected chi connectivity index (χ1v) is 12.0. The lowest BCUT2D eigenvalue weighted by Crippen LogP contribution is -2.50. The van der Waals surface area contributed by atoms with Crippen LogP contribution in [-0.4, -0.2) is 46.4 Å². The predicted molar refractivity (Wildman–Crippen MR) is 127 cm³/mol. The maximum Gasteiger partial charge on any atom is 0.276 e. The van der Waals surface area contributed by atoms with Gasteiger partial charge in [-0.05, 0) is 35.2 Å². The molecule has 9 heteroatoms. The minimum absolute atomic E-state index is 0.254. The topological polar surface area (TPSA) is 97.8 Å². The second kappa shape index (κ2) is 9.15. The summed E-state index contributed by atoms with van der Waals surface area (Å²) in [5.41, 5.74) is 1.62. The number of carbonyl (C=O) groups is 1. The van der Waals surface area contributed by atoms with Gasteiger partial charge in [0.2, 0.25) is 5.43 Å². The Labute approximate surface area is 199 Å². The summed E-state index contributed by atoms with van der Waals surface area (Å²) in [5, 5.41) is 10.3. The first-order chi connectivity index (χ1) is 16.5. The maximum atomic E-state index is 15.2. The number of aromatic hydroxyl groups is 1. The lowest BCUT2D eigenvalue weighted by Gasteiger charge is -2.38. The van der Waals surface area contributed by atoms with E-state index < -0.39 is 23.1 Å². The number of amides is 1. The number of nitrogens with zero attached hydrogens (tertiary/aromatic N) is 2. The Hall–Kier alpha value is -3.30. The molecule has 0 bridgehead atoms. The number of pyridine rings is 1. The van der Waals surface area contributed by atoms with Crippen LogP contribution >= 0.6 is 11.8 Å². The molecule has 1 fully saturated rings. The molecule has 3 N–H and O–H groups in total. The highest BCUT2D eigenvalue weighted by Crippen LogP contribution is 2.44. The number of nitrogen functional groups attached to an aromatic ring is 1. The number of morpholine rings is 1. The van der Waals surface area contributed by atoms with Crippen molar-refractivity contribution in [2.24, 2.45) is 0 Å². The van der Waals surface area contributed by atoms with E-state index in [1.165, 1.54) is 12.3 Å². The number of fused-ring (bicyclic) bond motifs is 2. The quantitative estimate of drug-likeness (QED) is 0.558. The molecule has 7 nitrogen and oxygen atoms in total. The van der Waals surface area contributed by atoms with Crippen molar-refractivity contribution in [3.8, 4) is 5.75 Å². The highest BCUT2D eigenvalue weighted by Gasteiger charge is 2.36. The Morgan fingerprint density at radius 2 is 2.03 bits per heavy atom. The van der Waals surface area contributed by atoms with Crippen LogP contribution in [0.4, 0.5) is 4.39 Å². The van der Waals surface area contributed by atoms with Gasteiger partial charge in [-0.15, -0.1) is 11.8 Å². The SMILES string of the molecule is Nn1ccc(=O)c(O)c1C(=O)N1CCOC[C@H]1C[C@@H]1c2ccccc2SCc2cccc(F)c21. The molecule has 5 rings (SSSR count). The normalized spacial score (nSPS) is 19.7. The highest BCUT2D eigenvalue weighted by molar-refractivity contribution is 7.98. The molecule has 0 saturated carbocycles. The van der Waals surface area contributed by atoms with Gasteiger partial charge in [0, 0.05) is 35.4 Å². The lowest BCUT2D eigenvalue weighted by atomic mass is 9.83. The zero-order valence-electron chi connectivity index (χ0n) is 18.3. The monoisotopic (exact) mass is 481 g/mol. The molecule has 0 spiro atoms. The fourth-order valence-corrected chi connectivity index (χ4v) is 5.95. The van der Waals surface area contributed by atoms with Gasteiger partial charge in [0.25, 0.3) is 5.91 Å². The van der Waals surface area contributed by atoms with Crippen LogP contribution in [0.15, 0.2) is 64.4 Å². The van der Waals surface area contributed by atoms with E-state index in [0.29, 0.717) is 24.3 Å². The van der Waals surface area contributed by atoms with Gasteiger partial charge < -0.3 is 20.6 Å². The summed E-state index contributed by atoms with van der Waals surface area (Å²) >= 11 is 1.67. The molecule has 3 heterocycles. The number of halogens is 1. The van der Waals surface area contributed by atoms with Crippen molar-refractivity contribution in [3.05, 3.63) is 93.2 Å². The number of ether oxygens (including phenoxy) is 1. The zero-order valence-corrected chi connectivity index (χ0v) is 19.1. The van der Waals surface area contributed by atoms with Crippen LogP contribution in [0.3, 0.4) is 0 Å². The first-order valence-electron chi connectivity index (χ1n) is 11.0. The van der Waals surface area contributed by atoms with E-state index in [1.54, 1.807) is 22.7 Å². The molecule has 1 amide bonds. The number of rotatable bonds is 3. The Morgan fingerprint density at radius 1 is 1.21 bits per heavy atom. The van der Waals surface area contributed by atoms with Gasteiger partial charge in [0.05, 0.1) is 19.3 Å². The van der Waals surface area contributed by atoms with E-state index in [4.69, 9.17) is 10.6 Å². The first kappa shape index (κ1) is 22.5. The smallest absolute Gasteiger partial charge is 0.276 e. The van der Waals surface area contributed by atoms with Crippen LogP contribution in [0.1, 0.15) is 39.5 Å². The molecule has 1 aromatic heterocycles. The fraction of sp³-hybridized carbons (Fsp3) is 0.280. The number of carbonyl (C=O) groups excluding carboxylic acids is 1. The molecule has 2 aromatic carbocycles. The van der Waals surface area contributed by atoms with Crippen molar-refractivity contribution in [2.45, 2.75) is 29.0 Å². The van der Waals surface area contributed by atoms with Gasteiger partial charge >= 0.3 is 0 Å². The van der Waals surface area contributed by atoms with E-state index in [1.807, 2.05) is 30.3 Å². The molecule has 2 aliphatic heterocycles. The Bertz CT molecular complexity index is 1310. The Morgan fingerprint density at radius 3 is 2.88 bits per heavy atom. The molecule has 2 aliphatic rings. The van der Waals surface area contributed by atoms with Gasteiger partial charge in [-0.1, -0.05) is 30.3 Å². The van der Waals surface area contributed by atoms with E-state index in [0.717, 1.165) is 26.8 Å². The molecule has 0 aliphatic carbocycles. The van der Waals surface area contributed by atoms with Crippen molar-refractivity contribution in [1.29, 1.82) is 0 Å². The van der Waals surface area contributed by atoms with Gasteiger partial charge in [0.15, 0.2) is 11.4 Å². The minimum Gasteiger partial charge on any atom is -0.502 e. The standard InChI is InChI=1S/C25H24FN3O4S/c26-19-6-3-4-15-14-34-21-7-2-1-5-17(21)18(22(15)19)12-16-13-33-11-10-28(16)25(32)23-24(31)20(30)8-9-29(23)27/h1-9,16,18,31H,10-14,27H2/t16-,18-/m1/s1. The lowest BCUT2D eigenvalue weighted by molar-refractivity contribution is -0.00601. The third-order valence-electron chi connectivity index (χ3n) is 6.47. The third kappa shape index (κ3) is 3.95. The molecule has 0 radical (unpaired) electrons. The average molecular weight is 482 g/mol. The number of nitrogens with two attached hydrogens (primary N) is 1. The summed E-state index contributed by atoms with van der Waals surface area (Å²) in [4.78, 5) is 28.1. The molecule has 2 atom stereocenters. The van der Waals surface area contributed by atoms with Crippen molar-refractivity contribution >= 4 is 17.7 Å². The number of thioether (sulfide) groups is 1. The summed E-state index contributed by atoms with van der Waals surface area (Å²) < 4.78 is 21.9. The van der Waals surface area contributed by atoms with Crippen LogP contribution in [0.25, 0.3) is 0 Å². The summed E-state index contributed by atoms with van der Waals surface area (Å²) in [6.07, 6.45) is 1.66. The van der Waals surface area contributed by atoms with Crippen LogP contribution in [-0.2, 0) is 10.5 Å². The molecule has 0 unspecified atom stereocenters. The third-order valence-corrected chi connectivity index (χ3v) is 7.61. The van der Waals surface area contributed by atoms with Gasteiger partial charge in [-0.25, -0.2) is 4.39 Å². The molecule has 176 valence electrons. The van der Waals surface area contributed by atoms with Crippen molar-refractivity contribution in [1.82, 2.24) is 9.58 Å². The number of hydrogen-bond acceptors (Lipinski definition) is 6. The minimum atomic E-state index is -0.687. The zero-order chi connectivity index (χ0) is 23.8. The van der Waals surface area contributed by atoms with Crippen LogP contribution in [0.2, 0.25) is 0 Å². The summed E-state index contributed by atoms with van der Waals surface area (Å²) in [6.45, 7) is 0.829. The van der Waals surface area contributed by atoms with Crippen molar-refractivity contribution in [2.75, 3.05) is 25.6 Å². The van der Waals surface area contributed by atoms with E-state index >= 15 is 4.39 Å². The summed E-state index contributed by atoms with van der Waals surface area (Å²) in [6, 6.07) is 13.8. The number of hydrogen-bond donors (Lipinski definition) is 2. The average Bonchev–Trinajstić information content (AvgIpc) is 3.00. The predicted octanol–water partition coefficient (Wildman–Crippen LogP) is 3.08. The van der Waals surface area contributed by atoms with E-state index in [9.17, 15) is 14.7 Å². The molecular weight excluding hydrogens is 457 g/mol. The van der Waals surface area contributed by atoms with E-state index in [2.05, 4.69) is 0 Å². The second-order valence-electron chi connectivity index (χ2n) is 8.44. The number of benzene rings is 2. The molecule has 3 aromatic rings. The summed E-state index contributed by atoms with van der Waals surface area (Å²) in [5.74, 6) is 4.72. The molecule has 34 heavy (non-hydrogen) atoms. The fourth-order valence-electron chi connectivity index (χ4n) is 4.83.